The molecule has 0 aromatic heterocycles. The van der Waals surface area contributed by atoms with Crippen molar-refractivity contribution < 1.29 is 22.7 Å². The van der Waals surface area contributed by atoms with E-state index < -0.39 is 27.9 Å². The van der Waals surface area contributed by atoms with Gasteiger partial charge in [0.15, 0.2) is 0 Å². The molecule has 0 spiro atoms. The minimum atomic E-state index is -3.45. The lowest BCUT2D eigenvalue weighted by molar-refractivity contribution is 0.0764. The number of nitrogens with zero attached hydrogens (tertiary/aromatic N) is 2. The zero-order chi connectivity index (χ0) is 16.5. The van der Waals surface area contributed by atoms with E-state index in [0.29, 0.717) is 5.56 Å². The van der Waals surface area contributed by atoms with Crippen LogP contribution in [0.1, 0.15) is 10.4 Å². The van der Waals surface area contributed by atoms with Gasteiger partial charge in [-0.25, -0.2) is 17.1 Å². The number of amides is 1. The standard InChI is InChI=1S/C14H19FN2O4S/c1-16(2)22(20,21)9-11-7-17(8-13(11)18)14(19)10-3-5-12(15)6-4-10/h3-6,11,13,18H,7-9H2,1-2H3/t11-,13+/m0/s1. The molecule has 1 aliphatic rings. The summed E-state index contributed by atoms with van der Waals surface area (Å²) in [5.74, 6) is -1.53. The Morgan fingerprint density at radius 2 is 1.91 bits per heavy atom. The minimum Gasteiger partial charge on any atom is -0.391 e. The largest absolute Gasteiger partial charge is 0.391 e. The summed E-state index contributed by atoms with van der Waals surface area (Å²) in [6.45, 7) is 0.230. The van der Waals surface area contributed by atoms with Crippen LogP contribution in [0.15, 0.2) is 24.3 Å². The summed E-state index contributed by atoms with van der Waals surface area (Å²) in [4.78, 5) is 13.7. The monoisotopic (exact) mass is 330 g/mol. The second kappa shape index (κ2) is 6.31. The van der Waals surface area contributed by atoms with Crippen molar-refractivity contribution in [2.75, 3.05) is 32.9 Å². The molecule has 1 aromatic carbocycles. The lowest BCUT2D eigenvalue weighted by Crippen LogP contribution is -2.33. The first-order valence-electron chi connectivity index (χ1n) is 6.84. The SMILES string of the molecule is CN(C)S(=O)(=O)C[C@@H]1CN(C(=O)c2ccc(F)cc2)C[C@H]1O. The van der Waals surface area contributed by atoms with Gasteiger partial charge in [0.05, 0.1) is 11.9 Å². The Labute approximate surface area is 129 Å². The number of β-amino-alcohol motifs (C(OH)–C–C–N with tert-alkyl or cyclic N) is 1. The van der Waals surface area contributed by atoms with Gasteiger partial charge >= 0.3 is 0 Å². The zero-order valence-corrected chi connectivity index (χ0v) is 13.3. The summed E-state index contributed by atoms with van der Waals surface area (Å²) in [6.07, 6.45) is -0.890. The van der Waals surface area contributed by atoms with Crippen molar-refractivity contribution >= 4 is 15.9 Å². The Balaban J connectivity index is 2.07. The molecule has 0 saturated carbocycles. The van der Waals surface area contributed by atoms with Gasteiger partial charge in [0, 0.05) is 38.7 Å². The number of sulfonamides is 1. The zero-order valence-electron chi connectivity index (χ0n) is 12.4. The van der Waals surface area contributed by atoms with Crippen molar-refractivity contribution in [3.63, 3.8) is 0 Å². The van der Waals surface area contributed by atoms with Gasteiger partial charge in [-0.05, 0) is 24.3 Å². The van der Waals surface area contributed by atoms with Crippen molar-refractivity contribution in [1.82, 2.24) is 9.21 Å². The number of aliphatic hydroxyl groups excluding tert-OH is 1. The van der Waals surface area contributed by atoms with Gasteiger partial charge in [-0.2, -0.15) is 0 Å². The highest BCUT2D eigenvalue weighted by Crippen LogP contribution is 2.21. The number of hydrogen-bond donors (Lipinski definition) is 1. The summed E-state index contributed by atoms with van der Waals surface area (Å²) >= 11 is 0. The quantitative estimate of drug-likeness (QED) is 0.852. The van der Waals surface area contributed by atoms with Gasteiger partial charge in [0.2, 0.25) is 10.0 Å². The van der Waals surface area contributed by atoms with Gasteiger partial charge in [-0.15, -0.1) is 0 Å². The molecule has 122 valence electrons. The van der Waals surface area contributed by atoms with Crippen LogP contribution in [0.3, 0.4) is 0 Å². The van der Waals surface area contributed by atoms with Crippen LogP contribution < -0.4 is 0 Å². The Hall–Kier alpha value is -1.51. The van der Waals surface area contributed by atoms with Crippen molar-refractivity contribution in [2.45, 2.75) is 6.10 Å². The molecule has 0 aliphatic carbocycles. The van der Waals surface area contributed by atoms with E-state index in [1.807, 2.05) is 0 Å². The van der Waals surface area contributed by atoms with Crippen LogP contribution in [0, 0.1) is 11.7 Å². The number of aliphatic hydroxyl groups is 1. The van der Waals surface area contributed by atoms with E-state index >= 15 is 0 Å². The van der Waals surface area contributed by atoms with Gasteiger partial charge in [-0.3, -0.25) is 4.79 Å². The fraction of sp³-hybridized carbons (Fsp3) is 0.500. The molecule has 2 rings (SSSR count). The predicted octanol–water partition coefficient (Wildman–Crippen LogP) is 0.150. The molecule has 1 aliphatic heterocycles. The Morgan fingerprint density at radius 1 is 1.32 bits per heavy atom. The normalized spacial score (nSPS) is 22.3. The fourth-order valence-corrected chi connectivity index (χ4v) is 3.55. The topological polar surface area (TPSA) is 77.9 Å². The van der Waals surface area contributed by atoms with E-state index in [-0.39, 0.29) is 24.7 Å². The number of halogens is 1. The minimum absolute atomic E-state index is 0.0732. The highest BCUT2D eigenvalue weighted by Gasteiger charge is 2.37. The summed E-state index contributed by atoms with van der Waals surface area (Å²) in [5.41, 5.74) is 0.310. The molecule has 0 bridgehead atoms. The third-order valence-electron chi connectivity index (χ3n) is 3.77. The molecule has 1 fully saturated rings. The highest BCUT2D eigenvalue weighted by atomic mass is 32.2. The first-order chi connectivity index (χ1) is 10.2. The smallest absolute Gasteiger partial charge is 0.253 e. The van der Waals surface area contributed by atoms with Crippen molar-refractivity contribution in [1.29, 1.82) is 0 Å². The van der Waals surface area contributed by atoms with Crippen molar-refractivity contribution in [3.8, 4) is 0 Å². The van der Waals surface area contributed by atoms with E-state index in [1.165, 1.54) is 43.3 Å². The Morgan fingerprint density at radius 3 is 2.45 bits per heavy atom. The van der Waals surface area contributed by atoms with E-state index in [4.69, 9.17) is 0 Å². The van der Waals surface area contributed by atoms with Gasteiger partial charge < -0.3 is 10.0 Å². The van der Waals surface area contributed by atoms with Gasteiger partial charge in [0.25, 0.3) is 5.91 Å². The van der Waals surface area contributed by atoms with Crippen molar-refractivity contribution in [3.05, 3.63) is 35.6 Å². The summed E-state index contributed by atoms with van der Waals surface area (Å²) < 4.78 is 37.7. The number of likely N-dealkylation sites (tertiary alicyclic amines) is 1. The highest BCUT2D eigenvalue weighted by molar-refractivity contribution is 7.89. The number of hydrogen-bond acceptors (Lipinski definition) is 4. The van der Waals surface area contributed by atoms with Gasteiger partial charge in [-0.1, -0.05) is 0 Å². The molecule has 0 unspecified atom stereocenters. The second-order valence-electron chi connectivity index (χ2n) is 5.61. The molecular weight excluding hydrogens is 311 g/mol. The molecule has 1 heterocycles. The number of rotatable bonds is 4. The van der Waals surface area contributed by atoms with Crippen LogP contribution in [0.5, 0.6) is 0 Å². The molecule has 1 aromatic rings. The third-order valence-corrected chi connectivity index (χ3v) is 5.73. The molecule has 1 N–H and O–H groups in total. The summed E-state index contributed by atoms with van der Waals surface area (Å²) in [6, 6.07) is 5.11. The number of benzene rings is 1. The van der Waals surface area contributed by atoms with E-state index in [9.17, 15) is 22.7 Å². The van der Waals surface area contributed by atoms with Crippen LogP contribution in [-0.2, 0) is 10.0 Å². The molecule has 1 amide bonds. The summed E-state index contributed by atoms with van der Waals surface area (Å²) in [5, 5.41) is 10.0. The van der Waals surface area contributed by atoms with E-state index in [0.717, 1.165) is 4.31 Å². The lowest BCUT2D eigenvalue weighted by Gasteiger charge is -2.18. The maximum Gasteiger partial charge on any atom is 0.253 e. The molecule has 8 heteroatoms. The molecule has 0 radical (unpaired) electrons. The molecular formula is C14H19FN2O4S. The van der Waals surface area contributed by atoms with Crippen LogP contribution >= 0.6 is 0 Å². The first-order valence-corrected chi connectivity index (χ1v) is 8.44. The van der Waals surface area contributed by atoms with Crippen LogP contribution in [0.4, 0.5) is 4.39 Å². The van der Waals surface area contributed by atoms with Crippen LogP contribution in [-0.4, -0.2) is 67.7 Å². The van der Waals surface area contributed by atoms with Crippen LogP contribution in [0.2, 0.25) is 0 Å². The number of carbonyl (C=O) groups is 1. The predicted molar refractivity (Wildman–Crippen MR) is 79.3 cm³/mol. The fourth-order valence-electron chi connectivity index (χ4n) is 2.38. The molecule has 22 heavy (non-hydrogen) atoms. The molecule has 1 saturated heterocycles. The molecule has 2 atom stereocenters. The van der Waals surface area contributed by atoms with E-state index in [2.05, 4.69) is 0 Å². The van der Waals surface area contributed by atoms with Gasteiger partial charge in [0.1, 0.15) is 5.82 Å². The third kappa shape index (κ3) is 3.63. The number of carbonyl (C=O) groups excluding carboxylic acids is 1. The summed E-state index contributed by atoms with van der Waals surface area (Å²) in [7, 11) is -0.591. The lowest BCUT2D eigenvalue weighted by atomic mass is 10.1. The van der Waals surface area contributed by atoms with E-state index in [1.54, 1.807) is 0 Å². The Kier molecular flexibility index (Phi) is 4.84. The average Bonchev–Trinajstić information content (AvgIpc) is 2.79. The first kappa shape index (κ1) is 16.9. The Bertz CT molecular complexity index is 645. The maximum absolute atomic E-state index is 12.9. The maximum atomic E-state index is 12.9. The average molecular weight is 330 g/mol. The molecule has 6 nitrogen and oxygen atoms in total. The second-order valence-corrected chi connectivity index (χ2v) is 7.83. The van der Waals surface area contributed by atoms with Crippen molar-refractivity contribution in [2.24, 2.45) is 5.92 Å². The van der Waals surface area contributed by atoms with Crippen LogP contribution in [0.25, 0.3) is 0 Å².